The van der Waals surface area contributed by atoms with Gasteiger partial charge in [-0.05, 0) is 17.6 Å². The van der Waals surface area contributed by atoms with Gasteiger partial charge in [-0.15, -0.1) is 0 Å². The molecule has 2 aliphatic carbocycles. The van der Waals surface area contributed by atoms with Gasteiger partial charge < -0.3 is 0 Å². The van der Waals surface area contributed by atoms with Crippen LogP contribution in [0.1, 0.15) is 6.42 Å². The Kier molecular flexibility index (Phi) is 3.72. The Morgan fingerprint density at radius 1 is 0.917 bits per heavy atom. The Bertz CT molecular complexity index is 301. The first-order chi connectivity index (χ1) is 5.47. The van der Waals surface area contributed by atoms with Crippen molar-refractivity contribution in [1.29, 1.82) is 0 Å². The van der Waals surface area contributed by atoms with Gasteiger partial charge >= 0.3 is 27.3 Å². The summed E-state index contributed by atoms with van der Waals surface area (Å²) in [4.78, 5) is 0. The average molecular weight is 351 g/mol. The second kappa shape index (κ2) is 4.60. The van der Waals surface area contributed by atoms with Gasteiger partial charge in [-0.2, -0.15) is 0 Å². The van der Waals surface area contributed by atoms with Crippen molar-refractivity contribution >= 4 is 27.3 Å². The summed E-state index contributed by atoms with van der Waals surface area (Å²) in [6.07, 6.45) is 18.1. The summed E-state index contributed by atoms with van der Waals surface area (Å²) in [6, 6.07) is 0. The monoisotopic (exact) mass is 352 g/mol. The Labute approximate surface area is 93.2 Å². The summed E-state index contributed by atoms with van der Waals surface area (Å²) >= 11 is 0. The van der Waals surface area contributed by atoms with Gasteiger partial charge in [0.2, 0.25) is 0 Å². The van der Waals surface area contributed by atoms with Crippen LogP contribution in [0.3, 0.4) is 0 Å². The van der Waals surface area contributed by atoms with Crippen molar-refractivity contribution in [1.82, 2.24) is 0 Å². The van der Waals surface area contributed by atoms with Crippen molar-refractivity contribution < 1.29 is 0 Å². The van der Waals surface area contributed by atoms with Gasteiger partial charge in [-0.3, -0.25) is 0 Å². The van der Waals surface area contributed by atoms with Crippen LogP contribution in [0.5, 0.6) is 0 Å². The molecule has 0 heterocycles. The summed E-state index contributed by atoms with van der Waals surface area (Å²) in [7, 11) is 0. The standard InChI is InChI=1S/C11H10.Pb.2H/c1-2-6-10-8-4-5-9-11(10)7-3-1;;;/h1-8H,9H2;;;. The zero-order chi connectivity index (χ0) is 7.52. The van der Waals surface area contributed by atoms with Crippen molar-refractivity contribution in [2.75, 3.05) is 0 Å². The van der Waals surface area contributed by atoms with Crippen LogP contribution in [0.25, 0.3) is 0 Å². The van der Waals surface area contributed by atoms with E-state index in [0.717, 1.165) is 6.42 Å². The fourth-order valence-electron chi connectivity index (χ4n) is 1.31. The molecule has 0 fully saturated rings. The van der Waals surface area contributed by atoms with E-state index in [1.807, 2.05) is 0 Å². The Balaban J connectivity index is 0.000000720. The Hall–Kier alpha value is -0.378. The maximum atomic E-state index is 2.18. The summed E-state index contributed by atoms with van der Waals surface area (Å²) in [6.45, 7) is 0. The first kappa shape index (κ1) is 9.71. The molecule has 0 amide bonds. The van der Waals surface area contributed by atoms with E-state index in [2.05, 4.69) is 48.6 Å². The van der Waals surface area contributed by atoms with Crippen LogP contribution in [0.4, 0.5) is 0 Å². The van der Waals surface area contributed by atoms with Crippen LogP contribution >= 0.6 is 0 Å². The third-order valence-electron chi connectivity index (χ3n) is 1.92. The quantitative estimate of drug-likeness (QED) is 0.586. The number of fused-ring (bicyclic) bond motifs is 1. The zero-order valence-electron chi connectivity index (χ0n) is 7.03. The van der Waals surface area contributed by atoms with Gasteiger partial charge in [0.15, 0.2) is 0 Å². The molecule has 0 atom stereocenters. The molecule has 0 aromatic heterocycles. The molecule has 12 heavy (non-hydrogen) atoms. The molecule has 0 N–H and O–H groups in total. The third kappa shape index (κ3) is 2.06. The van der Waals surface area contributed by atoms with Crippen molar-refractivity contribution in [2.45, 2.75) is 6.42 Å². The number of hydrogen-bond acceptors (Lipinski definition) is 0. The van der Waals surface area contributed by atoms with Gasteiger partial charge in [0.25, 0.3) is 0 Å². The van der Waals surface area contributed by atoms with Crippen LogP contribution < -0.4 is 0 Å². The van der Waals surface area contributed by atoms with Crippen LogP contribution in [0, 0.1) is 0 Å². The molecule has 2 rings (SSSR count). The zero-order valence-corrected chi connectivity index (χ0v) is 12.5. The normalized spacial score (nSPS) is 18.7. The first-order valence-electron chi connectivity index (χ1n) is 3.88. The van der Waals surface area contributed by atoms with Gasteiger partial charge in [0.1, 0.15) is 0 Å². The summed E-state index contributed by atoms with van der Waals surface area (Å²) in [5.41, 5.74) is 2.76. The second-order valence-electron chi connectivity index (χ2n) is 2.69. The van der Waals surface area contributed by atoms with Crippen molar-refractivity contribution in [3.8, 4) is 0 Å². The van der Waals surface area contributed by atoms with Crippen molar-refractivity contribution in [3.05, 3.63) is 59.8 Å². The maximum absolute atomic E-state index is 2.18. The summed E-state index contributed by atoms with van der Waals surface area (Å²) in [5.74, 6) is 0. The van der Waals surface area contributed by atoms with E-state index in [9.17, 15) is 0 Å². The molecular weight excluding hydrogens is 339 g/mol. The molecule has 2 aliphatic rings. The molecule has 0 unspecified atom stereocenters. The molecule has 0 saturated heterocycles. The fraction of sp³-hybridized carbons (Fsp3) is 0.0909. The number of allylic oxidation sites excluding steroid dienone is 10. The molecule has 0 aromatic rings. The van der Waals surface area contributed by atoms with Gasteiger partial charge in [-0.25, -0.2) is 0 Å². The predicted octanol–water partition coefficient (Wildman–Crippen LogP) is 2.01. The van der Waals surface area contributed by atoms with E-state index < -0.39 is 0 Å². The number of rotatable bonds is 0. The van der Waals surface area contributed by atoms with Gasteiger partial charge in [0.05, 0.1) is 0 Å². The van der Waals surface area contributed by atoms with Crippen LogP contribution in [0.2, 0.25) is 0 Å². The first-order valence-corrected chi connectivity index (χ1v) is 3.88. The molecule has 0 saturated carbocycles. The van der Waals surface area contributed by atoms with E-state index in [4.69, 9.17) is 0 Å². The third-order valence-corrected chi connectivity index (χ3v) is 1.92. The van der Waals surface area contributed by atoms with E-state index in [-0.39, 0.29) is 27.3 Å². The second-order valence-corrected chi connectivity index (χ2v) is 2.69. The van der Waals surface area contributed by atoms with Crippen molar-refractivity contribution in [2.24, 2.45) is 0 Å². The van der Waals surface area contributed by atoms with Crippen LogP contribution in [-0.4, -0.2) is 27.3 Å². The Morgan fingerprint density at radius 3 is 2.75 bits per heavy atom. The predicted molar refractivity (Wildman–Crippen MR) is 56.7 cm³/mol. The fourth-order valence-corrected chi connectivity index (χ4v) is 1.31. The molecule has 0 nitrogen and oxygen atoms in total. The minimum absolute atomic E-state index is 0. The molecule has 2 radical (unpaired) electrons. The molecule has 0 aliphatic heterocycles. The average Bonchev–Trinajstić information content (AvgIpc) is 2.28. The molecular formula is C11H12Pb. The summed E-state index contributed by atoms with van der Waals surface area (Å²) in [5, 5.41) is 0. The van der Waals surface area contributed by atoms with Gasteiger partial charge in [0, 0.05) is 0 Å². The molecule has 0 spiro atoms. The molecule has 0 aromatic carbocycles. The van der Waals surface area contributed by atoms with E-state index in [0.29, 0.717) is 0 Å². The molecule has 1 heteroatoms. The minimum atomic E-state index is 0. The number of hydrogen-bond donors (Lipinski definition) is 0. The van der Waals surface area contributed by atoms with E-state index in [1.54, 1.807) is 0 Å². The topological polar surface area (TPSA) is 0 Å². The van der Waals surface area contributed by atoms with E-state index in [1.165, 1.54) is 11.1 Å². The van der Waals surface area contributed by atoms with Gasteiger partial charge in [-0.1, -0.05) is 48.6 Å². The SMILES string of the molecule is C1=CC=C2CC=CC=C2C=C1.[PbH2]. The Morgan fingerprint density at radius 2 is 1.83 bits per heavy atom. The van der Waals surface area contributed by atoms with E-state index >= 15 is 0 Å². The van der Waals surface area contributed by atoms with Crippen LogP contribution in [-0.2, 0) is 0 Å². The summed E-state index contributed by atoms with van der Waals surface area (Å²) < 4.78 is 0. The van der Waals surface area contributed by atoms with Crippen molar-refractivity contribution in [3.63, 3.8) is 0 Å². The molecule has 0 bridgehead atoms. The molecule has 60 valence electrons. The van der Waals surface area contributed by atoms with Crippen LogP contribution in [0.15, 0.2) is 59.8 Å².